The van der Waals surface area contributed by atoms with Gasteiger partial charge in [0, 0.05) is 31.8 Å². The van der Waals surface area contributed by atoms with E-state index in [4.69, 9.17) is 0 Å². The molecule has 1 amide bonds. The Morgan fingerprint density at radius 2 is 1.67 bits per heavy atom. The van der Waals surface area contributed by atoms with Gasteiger partial charge in [0.2, 0.25) is 5.91 Å². The van der Waals surface area contributed by atoms with Gasteiger partial charge >= 0.3 is 0 Å². The zero-order chi connectivity index (χ0) is 17.7. The highest BCUT2D eigenvalue weighted by Crippen LogP contribution is 2.23. The Balaban J connectivity index is 1.80. The van der Waals surface area contributed by atoms with Crippen LogP contribution in [-0.2, 0) is 21.4 Å². The largest absolute Gasteiger partial charge is 0.343 e. The maximum absolute atomic E-state index is 12.4. The van der Waals surface area contributed by atoms with Crippen LogP contribution in [0, 0.1) is 5.92 Å². The van der Waals surface area contributed by atoms with Gasteiger partial charge in [0.1, 0.15) is 5.78 Å². The number of hydrogen-bond donors (Lipinski definition) is 0. The number of amides is 1. The number of benzene rings is 1. The molecule has 0 radical (unpaired) electrons. The van der Waals surface area contributed by atoms with Gasteiger partial charge in [0.25, 0.3) is 0 Å². The molecular formula is C21H31NO2. The van der Waals surface area contributed by atoms with Crippen LogP contribution in [0.1, 0.15) is 64.5 Å². The monoisotopic (exact) mass is 329 g/mol. The van der Waals surface area contributed by atoms with Gasteiger partial charge in [0.15, 0.2) is 0 Å². The number of rotatable bonds is 5. The highest BCUT2D eigenvalue weighted by Gasteiger charge is 2.26. The molecule has 1 aromatic rings. The Bertz CT molecular complexity index is 560. The standard InChI is InChI=1S/C21H31NO2/c1-5-19(23)17-12-14-22(15-13-17)20(24)11-8-16-6-9-18(10-7-16)21(2,3)4/h6-7,9-10,17H,5,8,11-15H2,1-4H3. The highest BCUT2D eigenvalue weighted by atomic mass is 16.2. The van der Waals surface area contributed by atoms with Crippen LogP contribution in [0.3, 0.4) is 0 Å². The van der Waals surface area contributed by atoms with Gasteiger partial charge < -0.3 is 4.90 Å². The van der Waals surface area contributed by atoms with Crippen LogP contribution >= 0.6 is 0 Å². The Morgan fingerprint density at radius 3 is 2.17 bits per heavy atom. The zero-order valence-electron chi connectivity index (χ0n) is 15.6. The van der Waals surface area contributed by atoms with Crippen molar-refractivity contribution in [3.8, 4) is 0 Å². The summed E-state index contributed by atoms with van der Waals surface area (Å²) in [5.74, 6) is 0.738. The second kappa shape index (κ2) is 7.96. The van der Waals surface area contributed by atoms with Gasteiger partial charge in [-0.25, -0.2) is 0 Å². The van der Waals surface area contributed by atoms with E-state index >= 15 is 0 Å². The molecule has 0 atom stereocenters. The first-order valence-corrected chi connectivity index (χ1v) is 9.21. The van der Waals surface area contributed by atoms with Crippen LogP contribution in [0.2, 0.25) is 0 Å². The number of piperidine rings is 1. The molecule has 0 aliphatic carbocycles. The summed E-state index contributed by atoms with van der Waals surface area (Å²) in [7, 11) is 0. The normalized spacial score (nSPS) is 16.2. The number of aryl methyl sites for hydroxylation is 1. The SMILES string of the molecule is CCC(=O)C1CCN(C(=O)CCc2ccc(C(C)(C)C)cc2)CC1. The second-order valence-electron chi connectivity index (χ2n) is 7.92. The first-order valence-electron chi connectivity index (χ1n) is 9.21. The number of ketones is 1. The molecule has 1 saturated heterocycles. The van der Waals surface area contributed by atoms with Crippen molar-refractivity contribution < 1.29 is 9.59 Å². The first kappa shape index (κ1) is 18.7. The Labute approximate surface area is 146 Å². The van der Waals surface area contributed by atoms with Crippen molar-refractivity contribution in [2.75, 3.05) is 13.1 Å². The third-order valence-electron chi connectivity index (χ3n) is 5.10. The molecule has 0 spiro atoms. The third kappa shape index (κ3) is 4.93. The van der Waals surface area contributed by atoms with Gasteiger partial charge in [-0.15, -0.1) is 0 Å². The second-order valence-corrected chi connectivity index (χ2v) is 7.92. The van der Waals surface area contributed by atoms with Crippen molar-refractivity contribution in [1.29, 1.82) is 0 Å². The van der Waals surface area contributed by atoms with E-state index in [2.05, 4.69) is 45.0 Å². The van der Waals surface area contributed by atoms with E-state index in [1.165, 1.54) is 11.1 Å². The van der Waals surface area contributed by atoms with E-state index < -0.39 is 0 Å². The molecule has 1 aliphatic rings. The number of carbonyl (C=O) groups excluding carboxylic acids is 2. The smallest absolute Gasteiger partial charge is 0.222 e. The van der Waals surface area contributed by atoms with E-state index in [0.717, 1.165) is 32.4 Å². The molecule has 1 fully saturated rings. The van der Waals surface area contributed by atoms with Crippen LogP contribution in [0.15, 0.2) is 24.3 Å². The zero-order valence-corrected chi connectivity index (χ0v) is 15.6. The Kier molecular flexibility index (Phi) is 6.20. The molecule has 3 nitrogen and oxygen atoms in total. The topological polar surface area (TPSA) is 37.4 Å². The van der Waals surface area contributed by atoms with Gasteiger partial charge in [0.05, 0.1) is 0 Å². The molecule has 3 heteroatoms. The van der Waals surface area contributed by atoms with E-state index in [9.17, 15) is 9.59 Å². The van der Waals surface area contributed by atoms with Crippen LogP contribution < -0.4 is 0 Å². The fraction of sp³-hybridized carbons (Fsp3) is 0.619. The fourth-order valence-corrected chi connectivity index (χ4v) is 3.32. The molecule has 0 bridgehead atoms. The van der Waals surface area contributed by atoms with Crippen LogP contribution in [-0.4, -0.2) is 29.7 Å². The minimum absolute atomic E-state index is 0.161. The summed E-state index contributed by atoms with van der Waals surface area (Å²) in [4.78, 5) is 26.1. The van der Waals surface area contributed by atoms with E-state index in [1.54, 1.807) is 0 Å². The summed E-state index contributed by atoms with van der Waals surface area (Å²) < 4.78 is 0. The average Bonchev–Trinajstić information content (AvgIpc) is 2.58. The quantitative estimate of drug-likeness (QED) is 0.814. The van der Waals surface area contributed by atoms with Gasteiger partial charge in [-0.05, 0) is 35.8 Å². The molecule has 1 heterocycles. The van der Waals surface area contributed by atoms with E-state index in [0.29, 0.717) is 18.6 Å². The lowest BCUT2D eigenvalue weighted by atomic mass is 9.86. The predicted octanol–water partition coefficient (Wildman–Crippen LogP) is 4.13. The summed E-state index contributed by atoms with van der Waals surface area (Å²) >= 11 is 0. The predicted molar refractivity (Wildman–Crippen MR) is 98.1 cm³/mol. The third-order valence-corrected chi connectivity index (χ3v) is 5.10. The summed E-state index contributed by atoms with van der Waals surface area (Å²) in [6.45, 7) is 10.0. The highest BCUT2D eigenvalue weighted by molar-refractivity contribution is 5.81. The van der Waals surface area contributed by atoms with Crippen molar-refractivity contribution >= 4 is 11.7 Å². The van der Waals surface area contributed by atoms with Crippen LogP contribution in [0.5, 0.6) is 0 Å². The van der Waals surface area contributed by atoms with Crippen molar-refractivity contribution in [3.63, 3.8) is 0 Å². The van der Waals surface area contributed by atoms with Gasteiger partial charge in [-0.1, -0.05) is 52.0 Å². The molecule has 2 rings (SSSR count). The van der Waals surface area contributed by atoms with Crippen LogP contribution in [0.4, 0.5) is 0 Å². The molecule has 0 N–H and O–H groups in total. The lowest BCUT2D eigenvalue weighted by molar-refractivity contribution is -0.135. The molecule has 0 unspecified atom stereocenters. The minimum Gasteiger partial charge on any atom is -0.343 e. The van der Waals surface area contributed by atoms with Crippen LogP contribution in [0.25, 0.3) is 0 Å². The molecular weight excluding hydrogens is 298 g/mol. The lowest BCUT2D eigenvalue weighted by Crippen LogP contribution is -2.40. The number of likely N-dealkylation sites (tertiary alicyclic amines) is 1. The van der Waals surface area contributed by atoms with Gasteiger partial charge in [-0.2, -0.15) is 0 Å². The molecule has 132 valence electrons. The van der Waals surface area contributed by atoms with Crippen molar-refractivity contribution in [2.24, 2.45) is 5.92 Å². The van der Waals surface area contributed by atoms with Crippen molar-refractivity contribution in [1.82, 2.24) is 4.90 Å². The molecule has 1 aromatic carbocycles. The fourth-order valence-electron chi connectivity index (χ4n) is 3.32. The summed E-state index contributed by atoms with van der Waals surface area (Å²) in [5, 5.41) is 0. The van der Waals surface area contributed by atoms with Crippen molar-refractivity contribution in [3.05, 3.63) is 35.4 Å². The molecule has 24 heavy (non-hydrogen) atoms. The molecule has 1 aliphatic heterocycles. The number of carbonyl (C=O) groups is 2. The van der Waals surface area contributed by atoms with E-state index in [-0.39, 0.29) is 17.2 Å². The Hall–Kier alpha value is -1.64. The minimum atomic E-state index is 0.161. The number of nitrogens with zero attached hydrogens (tertiary/aromatic N) is 1. The molecule has 0 saturated carbocycles. The summed E-state index contributed by atoms with van der Waals surface area (Å²) in [5.41, 5.74) is 2.70. The van der Waals surface area contributed by atoms with E-state index in [1.807, 2.05) is 11.8 Å². The van der Waals surface area contributed by atoms with Gasteiger partial charge in [-0.3, -0.25) is 9.59 Å². The van der Waals surface area contributed by atoms with Crippen molar-refractivity contribution in [2.45, 2.75) is 65.2 Å². The maximum atomic E-state index is 12.4. The summed E-state index contributed by atoms with van der Waals surface area (Å²) in [6.07, 6.45) is 3.62. The lowest BCUT2D eigenvalue weighted by Gasteiger charge is -2.31. The molecule has 0 aromatic heterocycles. The summed E-state index contributed by atoms with van der Waals surface area (Å²) in [6, 6.07) is 8.61. The average molecular weight is 329 g/mol. The maximum Gasteiger partial charge on any atom is 0.222 e. The number of Topliss-reactive ketones (excluding diaryl/α,β-unsaturated/α-hetero) is 1. The number of hydrogen-bond acceptors (Lipinski definition) is 2. The first-order chi connectivity index (χ1) is 11.3. The Morgan fingerprint density at radius 1 is 1.08 bits per heavy atom.